The molecule has 1 aromatic carbocycles. The molecule has 0 aliphatic carbocycles. The van der Waals surface area contributed by atoms with Crippen molar-refractivity contribution < 1.29 is 19.6 Å². The third-order valence-corrected chi connectivity index (χ3v) is 1.45. The lowest BCUT2D eigenvalue weighted by Crippen LogP contribution is -1.93. The summed E-state index contributed by atoms with van der Waals surface area (Å²) in [5.41, 5.74) is 1.00. The van der Waals surface area contributed by atoms with E-state index in [4.69, 9.17) is 9.78 Å². The van der Waals surface area contributed by atoms with E-state index in [1.807, 2.05) is 12.1 Å². The summed E-state index contributed by atoms with van der Waals surface area (Å²) in [6, 6.07) is 7.32. The SMILES string of the molecule is COOCc1ccc(OOC)cc1. The van der Waals surface area contributed by atoms with Crippen LogP contribution < -0.4 is 4.89 Å². The highest BCUT2D eigenvalue weighted by Gasteiger charge is 1.95. The standard InChI is InChI=1S/C9H12O4/c1-10-12-7-8-3-5-9(6-4-8)13-11-2/h3-6H,7H2,1-2H3. The second kappa shape index (κ2) is 5.53. The van der Waals surface area contributed by atoms with E-state index in [1.165, 1.54) is 14.2 Å². The molecule has 0 bridgehead atoms. The zero-order valence-electron chi connectivity index (χ0n) is 7.65. The molecular weight excluding hydrogens is 172 g/mol. The number of rotatable bonds is 5. The molecule has 0 aliphatic heterocycles. The fourth-order valence-corrected chi connectivity index (χ4v) is 0.864. The highest BCUT2D eigenvalue weighted by Crippen LogP contribution is 2.12. The maximum atomic E-state index is 4.79. The van der Waals surface area contributed by atoms with Crippen LogP contribution in [-0.2, 0) is 21.3 Å². The molecule has 0 saturated carbocycles. The molecule has 0 radical (unpaired) electrons. The molecule has 0 spiro atoms. The summed E-state index contributed by atoms with van der Waals surface area (Å²) in [5, 5.41) is 0. The van der Waals surface area contributed by atoms with Gasteiger partial charge in [0.25, 0.3) is 0 Å². The third-order valence-electron chi connectivity index (χ3n) is 1.45. The van der Waals surface area contributed by atoms with Gasteiger partial charge in [0.2, 0.25) is 0 Å². The van der Waals surface area contributed by atoms with Gasteiger partial charge in [0.1, 0.15) is 6.61 Å². The van der Waals surface area contributed by atoms with E-state index in [0.717, 1.165) is 5.56 Å². The summed E-state index contributed by atoms with van der Waals surface area (Å²) >= 11 is 0. The van der Waals surface area contributed by atoms with Gasteiger partial charge in [0, 0.05) is 0 Å². The van der Waals surface area contributed by atoms with Crippen LogP contribution in [0.1, 0.15) is 5.56 Å². The van der Waals surface area contributed by atoms with Crippen molar-refractivity contribution >= 4 is 0 Å². The zero-order valence-corrected chi connectivity index (χ0v) is 7.65. The predicted molar refractivity (Wildman–Crippen MR) is 45.9 cm³/mol. The van der Waals surface area contributed by atoms with Crippen molar-refractivity contribution in [3.8, 4) is 5.75 Å². The molecular formula is C9H12O4. The molecule has 0 heterocycles. The van der Waals surface area contributed by atoms with Crippen molar-refractivity contribution in [3.05, 3.63) is 29.8 Å². The van der Waals surface area contributed by atoms with E-state index in [2.05, 4.69) is 9.78 Å². The van der Waals surface area contributed by atoms with E-state index in [9.17, 15) is 0 Å². The van der Waals surface area contributed by atoms with E-state index in [0.29, 0.717) is 12.4 Å². The van der Waals surface area contributed by atoms with Crippen molar-refractivity contribution in [1.29, 1.82) is 0 Å². The maximum Gasteiger partial charge on any atom is 0.165 e. The fraction of sp³-hybridized carbons (Fsp3) is 0.333. The monoisotopic (exact) mass is 184 g/mol. The first-order valence-corrected chi connectivity index (χ1v) is 3.82. The second-order valence-corrected chi connectivity index (χ2v) is 2.32. The normalized spacial score (nSPS) is 10.0. The first-order chi connectivity index (χ1) is 6.36. The smallest absolute Gasteiger partial charge is 0.165 e. The molecule has 1 aromatic rings. The lowest BCUT2D eigenvalue weighted by Gasteiger charge is -2.02. The van der Waals surface area contributed by atoms with Gasteiger partial charge in [0.05, 0.1) is 14.2 Å². The summed E-state index contributed by atoms with van der Waals surface area (Å²) in [7, 11) is 2.93. The topological polar surface area (TPSA) is 36.9 Å². The minimum Gasteiger partial charge on any atom is -0.338 e. The Morgan fingerprint density at radius 2 is 1.69 bits per heavy atom. The Morgan fingerprint density at radius 1 is 1.00 bits per heavy atom. The summed E-state index contributed by atoms with van der Waals surface area (Å²) in [4.78, 5) is 18.5. The molecule has 0 N–H and O–H groups in total. The first-order valence-electron chi connectivity index (χ1n) is 3.82. The predicted octanol–water partition coefficient (Wildman–Crippen LogP) is 1.70. The van der Waals surface area contributed by atoms with Crippen molar-refractivity contribution in [1.82, 2.24) is 0 Å². The van der Waals surface area contributed by atoms with Gasteiger partial charge in [0.15, 0.2) is 5.75 Å². The number of hydrogen-bond acceptors (Lipinski definition) is 4. The van der Waals surface area contributed by atoms with Gasteiger partial charge in [-0.2, -0.15) is 4.89 Å². The van der Waals surface area contributed by atoms with Crippen LogP contribution in [0, 0.1) is 0 Å². The van der Waals surface area contributed by atoms with Gasteiger partial charge in [-0.25, -0.2) is 9.78 Å². The highest BCUT2D eigenvalue weighted by molar-refractivity contribution is 5.26. The second-order valence-electron chi connectivity index (χ2n) is 2.32. The highest BCUT2D eigenvalue weighted by atomic mass is 17.2. The summed E-state index contributed by atoms with van der Waals surface area (Å²) < 4.78 is 0. The quantitative estimate of drug-likeness (QED) is 0.515. The van der Waals surface area contributed by atoms with Crippen molar-refractivity contribution in [2.75, 3.05) is 14.2 Å². The molecule has 0 fully saturated rings. The van der Waals surface area contributed by atoms with Gasteiger partial charge in [-0.3, -0.25) is 0 Å². The van der Waals surface area contributed by atoms with Crippen LogP contribution in [0.25, 0.3) is 0 Å². The summed E-state index contributed by atoms with van der Waals surface area (Å²) in [6.45, 7) is 0.420. The molecule has 72 valence electrons. The van der Waals surface area contributed by atoms with Gasteiger partial charge < -0.3 is 4.89 Å². The van der Waals surface area contributed by atoms with Crippen molar-refractivity contribution in [2.24, 2.45) is 0 Å². The van der Waals surface area contributed by atoms with Gasteiger partial charge in [-0.1, -0.05) is 12.1 Å². The molecule has 0 unspecified atom stereocenters. The lowest BCUT2D eigenvalue weighted by atomic mass is 10.2. The van der Waals surface area contributed by atoms with Crippen LogP contribution in [0.15, 0.2) is 24.3 Å². The van der Waals surface area contributed by atoms with Crippen molar-refractivity contribution in [3.63, 3.8) is 0 Å². The molecule has 1 rings (SSSR count). The Bertz CT molecular complexity index is 232. The van der Waals surface area contributed by atoms with Crippen LogP contribution >= 0.6 is 0 Å². The third kappa shape index (κ3) is 3.42. The van der Waals surface area contributed by atoms with E-state index < -0.39 is 0 Å². The van der Waals surface area contributed by atoms with Crippen LogP contribution in [0.2, 0.25) is 0 Å². The van der Waals surface area contributed by atoms with E-state index in [-0.39, 0.29) is 0 Å². The minimum absolute atomic E-state index is 0.420. The first kappa shape index (κ1) is 9.98. The molecule has 4 nitrogen and oxygen atoms in total. The lowest BCUT2D eigenvalue weighted by molar-refractivity contribution is -0.282. The largest absolute Gasteiger partial charge is 0.338 e. The molecule has 0 aromatic heterocycles. The number of benzene rings is 1. The van der Waals surface area contributed by atoms with E-state index in [1.54, 1.807) is 12.1 Å². The van der Waals surface area contributed by atoms with E-state index >= 15 is 0 Å². The number of hydrogen-bond donors (Lipinski definition) is 0. The van der Waals surface area contributed by atoms with Crippen molar-refractivity contribution in [2.45, 2.75) is 6.61 Å². The van der Waals surface area contributed by atoms with Crippen LogP contribution in [0.5, 0.6) is 5.75 Å². The van der Waals surface area contributed by atoms with Gasteiger partial charge in [-0.05, 0) is 17.7 Å². The van der Waals surface area contributed by atoms with Crippen LogP contribution in [0.3, 0.4) is 0 Å². The Labute approximate surface area is 76.8 Å². The Morgan fingerprint density at radius 3 is 2.23 bits per heavy atom. The molecule has 0 aliphatic rings. The van der Waals surface area contributed by atoms with Gasteiger partial charge >= 0.3 is 0 Å². The Kier molecular flexibility index (Phi) is 4.25. The maximum absolute atomic E-state index is 4.79. The van der Waals surface area contributed by atoms with Gasteiger partial charge in [-0.15, -0.1) is 0 Å². The molecule has 13 heavy (non-hydrogen) atoms. The molecule has 0 amide bonds. The minimum atomic E-state index is 0.420. The zero-order chi connectivity index (χ0) is 9.52. The molecule has 0 atom stereocenters. The summed E-state index contributed by atoms with van der Waals surface area (Å²) in [5.74, 6) is 0.656. The molecule has 0 saturated heterocycles. The Hall–Kier alpha value is -1.10. The van der Waals surface area contributed by atoms with Crippen LogP contribution in [-0.4, -0.2) is 14.2 Å². The van der Waals surface area contributed by atoms with Crippen LogP contribution in [0.4, 0.5) is 0 Å². The molecule has 4 heteroatoms. The average molecular weight is 184 g/mol. The average Bonchev–Trinajstić information content (AvgIpc) is 2.17. The Balaban J connectivity index is 2.48. The fourth-order valence-electron chi connectivity index (χ4n) is 0.864. The summed E-state index contributed by atoms with van der Waals surface area (Å²) in [6.07, 6.45) is 0.